The molecule has 25 heavy (non-hydrogen) atoms. The zero-order chi connectivity index (χ0) is 18.0. The van der Waals surface area contributed by atoms with Crippen molar-refractivity contribution in [3.63, 3.8) is 0 Å². The minimum absolute atomic E-state index is 0.0415. The average molecular weight is 449 g/mol. The highest BCUT2D eigenvalue weighted by Gasteiger charge is 2.33. The van der Waals surface area contributed by atoms with E-state index in [9.17, 15) is 19.7 Å². The maximum atomic E-state index is 12.5. The molecule has 0 aliphatic carbocycles. The molecule has 0 aromatic heterocycles. The van der Waals surface area contributed by atoms with E-state index in [0.717, 1.165) is 14.0 Å². The third kappa shape index (κ3) is 3.68. The first kappa shape index (κ1) is 17.1. The Morgan fingerprint density at radius 2 is 1.80 bits per heavy atom. The molecule has 2 aromatic rings. The molecule has 0 unspecified atom stereocenters. The molecule has 1 fully saturated rings. The number of non-ortho nitro benzene ring substituents is 1. The number of carbonyl (C=O) groups is 2. The topological polar surface area (TPSA) is 92.6 Å². The fourth-order valence-electron chi connectivity index (χ4n) is 2.37. The molecule has 8 heteroatoms. The standard InChI is InChI=1S/C17H12IN3O4/c18-14-4-2-1-3-12(14)9-15-16(22)20(17(23)19-15)10-11-5-7-13(8-6-11)21(24)25/h1-9H,10H2,(H,19,23)/b15-9-. The van der Waals surface area contributed by atoms with Gasteiger partial charge < -0.3 is 5.32 Å². The number of nitrogens with zero attached hydrogens (tertiary/aromatic N) is 2. The normalized spacial score (nSPS) is 15.6. The van der Waals surface area contributed by atoms with Gasteiger partial charge in [-0.25, -0.2) is 4.79 Å². The van der Waals surface area contributed by atoms with Crippen LogP contribution in [0.1, 0.15) is 11.1 Å². The third-order valence-electron chi connectivity index (χ3n) is 3.66. The van der Waals surface area contributed by atoms with Crippen LogP contribution in [0.25, 0.3) is 6.08 Å². The number of hydrogen-bond donors (Lipinski definition) is 1. The Hall–Kier alpha value is -2.75. The van der Waals surface area contributed by atoms with Gasteiger partial charge >= 0.3 is 6.03 Å². The molecular formula is C17H12IN3O4. The van der Waals surface area contributed by atoms with Gasteiger partial charge in [0.25, 0.3) is 11.6 Å². The summed E-state index contributed by atoms with van der Waals surface area (Å²) >= 11 is 2.15. The summed E-state index contributed by atoms with van der Waals surface area (Å²) in [6.07, 6.45) is 1.64. The molecule has 1 aliphatic heterocycles. The maximum Gasteiger partial charge on any atom is 0.329 e. The molecule has 1 aliphatic rings. The van der Waals surface area contributed by atoms with E-state index in [1.54, 1.807) is 6.08 Å². The molecule has 0 saturated carbocycles. The second-order valence-corrected chi connectivity index (χ2v) is 6.49. The predicted octanol–water partition coefficient (Wildman–Crippen LogP) is 3.29. The molecule has 2 aromatic carbocycles. The van der Waals surface area contributed by atoms with Gasteiger partial charge in [-0.1, -0.05) is 30.3 Å². The van der Waals surface area contributed by atoms with Crippen molar-refractivity contribution in [1.82, 2.24) is 10.2 Å². The van der Waals surface area contributed by atoms with E-state index in [4.69, 9.17) is 0 Å². The SMILES string of the molecule is O=C1N/C(=C\c2ccccc2I)C(=O)N1Cc1ccc([N+](=O)[O-])cc1. The van der Waals surface area contributed by atoms with Gasteiger partial charge in [-0.15, -0.1) is 0 Å². The first-order valence-corrected chi connectivity index (χ1v) is 8.36. The van der Waals surface area contributed by atoms with Crippen LogP contribution < -0.4 is 5.32 Å². The smallest absolute Gasteiger partial charge is 0.303 e. The number of urea groups is 1. The van der Waals surface area contributed by atoms with Crippen LogP contribution in [0, 0.1) is 13.7 Å². The first-order valence-electron chi connectivity index (χ1n) is 7.28. The monoisotopic (exact) mass is 449 g/mol. The summed E-state index contributed by atoms with van der Waals surface area (Å²) in [5.74, 6) is -0.428. The van der Waals surface area contributed by atoms with Crippen molar-refractivity contribution in [2.75, 3.05) is 0 Å². The summed E-state index contributed by atoms with van der Waals surface area (Å²) < 4.78 is 0.962. The van der Waals surface area contributed by atoms with Crippen LogP contribution in [-0.4, -0.2) is 21.8 Å². The number of hydrogen-bond acceptors (Lipinski definition) is 4. The minimum Gasteiger partial charge on any atom is -0.303 e. The lowest BCUT2D eigenvalue weighted by molar-refractivity contribution is -0.384. The third-order valence-corrected chi connectivity index (χ3v) is 4.64. The van der Waals surface area contributed by atoms with Crippen LogP contribution >= 0.6 is 22.6 Å². The molecule has 3 rings (SSSR count). The van der Waals surface area contributed by atoms with Crippen LogP contribution in [0.15, 0.2) is 54.2 Å². The summed E-state index contributed by atoms with van der Waals surface area (Å²) in [4.78, 5) is 35.8. The Balaban J connectivity index is 1.80. The number of nitro benzene ring substituents is 1. The molecule has 0 atom stereocenters. The zero-order valence-corrected chi connectivity index (χ0v) is 15.0. The Kier molecular flexibility index (Phi) is 4.79. The Morgan fingerprint density at radius 1 is 1.12 bits per heavy atom. The number of imide groups is 1. The van der Waals surface area contributed by atoms with Gasteiger partial charge in [-0.3, -0.25) is 19.8 Å². The molecule has 1 heterocycles. The summed E-state index contributed by atoms with van der Waals surface area (Å²) in [6.45, 7) is 0.0475. The van der Waals surface area contributed by atoms with Crippen molar-refractivity contribution in [2.24, 2.45) is 0 Å². The molecular weight excluding hydrogens is 437 g/mol. The van der Waals surface area contributed by atoms with Crippen molar-refractivity contribution in [2.45, 2.75) is 6.54 Å². The molecule has 0 bridgehead atoms. The van der Waals surface area contributed by atoms with Crippen molar-refractivity contribution in [1.29, 1.82) is 0 Å². The van der Waals surface area contributed by atoms with Gasteiger partial charge in [0.15, 0.2) is 0 Å². The van der Waals surface area contributed by atoms with E-state index in [0.29, 0.717) is 5.56 Å². The molecule has 0 radical (unpaired) electrons. The van der Waals surface area contributed by atoms with E-state index in [-0.39, 0.29) is 17.9 Å². The van der Waals surface area contributed by atoms with Crippen LogP contribution in [0.3, 0.4) is 0 Å². The fourth-order valence-corrected chi connectivity index (χ4v) is 2.91. The maximum absolute atomic E-state index is 12.5. The summed E-state index contributed by atoms with van der Waals surface area (Å²) in [5.41, 5.74) is 1.63. The van der Waals surface area contributed by atoms with Crippen LogP contribution in [0.5, 0.6) is 0 Å². The highest BCUT2D eigenvalue weighted by atomic mass is 127. The molecule has 1 N–H and O–H groups in total. The number of amides is 3. The van der Waals surface area contributed by atoms with Crippen molar-refractivity contribution in [3.05, 3.63) is 79.0 Å². The van der Waals surface area contributed by atoms with Crippen molar-refractivity contribution >= 4 is 46.3 Å². The molecule has 7 nitrogen and oxygen atoms in total. The molecule has 0 spiro atoms. The van der Waals surface area contributed by atoms with Gasteiger partial charge in [-0.2, -0.15) is 0 Å². The lowest BCUT2D eigenvalue weighted by Gasteiger charge is -2.11. The van der Waals surface area contributed by atoms with Crippen LogP contribution in [0.4, 0.5) is 10.5 Å². The van der Waals surface area contributed by atoms with E-state index in [2.05, 4.69) is 27.9 Å². The zero-order valence-electron chi connectivity index (χ0n) is 12.8. The number of halogens is 1. The van der Waals surface area contributed by atoms with Gasteiger partial charge in [-0.05, 0) is 45.9 Å². The highest BCUT2D eigenvalue weighted by molar-refractivity contribution is 14.1. The summed E-state index contributed by atoms with van der Waals surface area (Å²) in [5, 5.41) is 13.2. The minimum atomic E-state index is -0.513. The number of nitrogens with one attached hydrogen (secondary N) is 1. The van der Waals surface area contributed by atoms with E-state index < -0.39 is 16.9 Å². The highest BCUT2D eigenvalue weighted by Crippen LogP contribution is 2.20. The number of carbonyl (C=O) groups excluding carboxylic acids is 2. The Bertz CT molecular complexity index is 893. The largest absolute Gasteiger partial charge is 0.329 e. The summed E-state index contributed by atoms with van der Waals surface area (Å²) in [6, 6.07) is 12.7. The van der Waals surface area contributed by atoms with Gasteiger partial charge in [0.2, 0.25) is 0 Å². The number of nitro groups is 1. The van der Waals surface area contributed by atoms with E-state index >= 15 is 0 Å². The second-order valence-electron chi connectivity index (χ2n) is 5.32. The lowest BCUT2D eigenvalue weighted by atomic mass is 10.2. The second kappa shape index (κ2) is 7.01. The Labute approximate surface area is 156 Å². The predicted molar refractivity (Wildman–Crippen MR) is 99.3 cm³/mol. The van der Waals surface area contributed by atoms with Gasteiger partial charge in [0, 0.05) is 15.7 Å². The van der Waals surface area contributed by atoms with Gasteiger partial charge in [0.05, 0.1) is 11.5 Å². The first-order chi connectivity index (χ1) is 12.0. The summed E-state index contributed by atoms with van der Waals surface area (Å²) in [7, 11) is 0. The Morgan fingerprint density at radius 3 is 2.44 bits per heavy atom. The van der Waals surface area contributed by atoms with Crippen molar-refractivity contribution < 1.29 is 14.5 Å². The van der Waals surface area contributed by atoms with Crippen LogP contribution in [0.2, 0.25) is 0 Å². The van der Waals surface area contributed by atoms with E-state index in [1.165, 1.54) is 24.3 Å². The molecule has 126 valence electrons. The number of rotatable bonds is 4. The molecule has 3 amide bonds. The van der Waals surface area contributed by atoms with Crippen molar-refractivity contribution in [3.8, 4) is 0 Å². The van der Waals surface area contributed by atoms with E-state index in [1.807, 2.05) is 24.3 Å². The quantitative estimate of drug-likeness (QED) is 0.255. The average Bonchev–Trinajstić information content (AvgIpc) is 2.85. The lowest BCUT2D eigenvalue weighted by Crippen LogP contribution is -2.30. The fraction of sp³-hybridized carbons (Fsp3) is 0.0588. The molecule has 1 saturated heterocycles. The van der Waals surface area contributed by atoms with Crippen LogP contribution in [-0.2, 0) is 11.3 Å². The van der Waals surface area contributed by atoms with Gasteiger partial charge in [0.1, 0.15) is 5.70 Å². The number of benzene rings is 2.